The zero-order valence-electron chi connectivity index (χ0n) is 27.1. The maximum Gasteiger partial charge on any atom is 0.318 e. The third kappa shape index (κ3) is 6.38. The highest BCUT2D eigenvalue weighted by Gasteiger charge is 2.45. The molecular weight excluding hydrogens is 581 g/mol. The molecule has 1 aromatic heterocycles. The Labute approximate surface area is 271 Å². The third-order valence-electron chi connectivity index (χ3n) is 9.98. The second kappa shape index (κ2) is 14.0. The van der Waals surface area contributed by atoms with Crippen molar-refractivity contribution in [2.24, 2.45) is 0 Å². The van der Waals surface area contributed by atoms with Crippen LogP contribution in [0.25, 0.3) is 10.8 Å². The number of nitrogens with zero attached hydrogens (tertiary/aromatic N) is 7. The number of piperazine rings is 1. The molecule has 0 unspecified atom stereocenters. The number of carbonyl (C=O) groups is 1. The van der Waals surface area contributed by atoms with Gasteiger partial charge in [-0.15, -0.1) is 0 Å². The first kappa shape index (κ1) is 31.7. The van der Waals surface area contributed by atoms with Crippen LogP contribution in [0.4, 0.5) is 15.9 Å². The Morgan fingerprint density at radius 3 is 2.46 bits per heavy atom. The van der Waals surface area contributed by atoms with Gasteiger partial charge in [0.25, 0.3) is 0 Å². The van der Waals surface area contributed by atoms with Crippen LogP contribution in [0.1, 0.15) is 49.4 Å². The lowest BCUT2D eigenvalue weighted by atomic mass is 9.95. The Hall–Kier alpha value is -4.23. The fourth-order valence-electron chi connectivity index (χ4n) is 7.74. The molecule has 0 radical (unpaired) electrons. The summed E-state index contributed by atoms with van der Waals surface area (Å²) in [5.41, 5.74) is 4.83. The normalized spacial score (nSPS) is 19.0. The minimum atomic E-state index is -0.629. The Morgan fingerprint density at radius 1 is 1.02 bits per heavy atom. The van der Waals surface area contributed by atoms with E-state index in [-0.39, 0.29) is 11.4 Å². The van der Waals surface area contributed by atoms with Gasteiger partial charge in [0.05, 0.1) is 23.8 Å². The number of ether oxygens (including phenoxy) is 1. The van der Waals surface area contributed by atoms with Gasteiger partial charge in [-0.25, -0.2) is 4.39 Å². The molecule has 0 N–H and O–H groups in total. The number of nitriles is 1. The zero-order chi connectivity index (χ0) is 32.1. The summed E-state index contributed by atoms with van der Waals surface area (Å²) in [4.78, 5) is 31.7. The molecule has 10 heteroatoms. The average Bonchev–Trinajstić information content (AvgIpc) is 3.67. The molecular formula is C36H44FN7O2. The Kier molecular flexibility index (Phi) is 9.69. The van der Waals surface area contributed by atoms with Gasteiger partial charge < -0.3 is 19.4 Å². The van der Waals surface area contributed by atoms with Gasteiger partial charge in [-0.1, -0.05) is 30.3 Å². The molecule has 9 nitrogen and oxygen atoms in total. The van der Waals surface area contributed by atoms with Crippen molar-refractivity contribution in [2.45, 2.75) is 58.0 Å². The molecule has 1 amide bonds. The molecule has 3 saturated heterocycles. The number of hydrogen-bond acceptors (Lipinski definition) is 8. The predicted molar refractivity (Wildman–Crippen MR) is 179 cm³/mol. The van der Waals surface area contributed by atoms with E-state index in [0.717, 1.165) is 37.6 Å². The number of rotatable bonds is 7. The quantitative estimate of drug-likeness (QED) is 0.331. The molecule has 242 valence electrons. The highest BCUT2D eigenvalue weighted by Crippen LogP contribution is 2.40. The Balaban J connectivity index is 0.00000119. The fourth-order valence-corrected chi connectivity index (χ4v) is 7.74. The predicted octanol–water partition coefficient (Wildman–Crippen LogP) is 5.21. The van der Waals surface area contributed by atoms with Gasteiger partial charge in [0, 0.05) is 62.4 Å². The fraction of sp³-hybridized carbons (Fsp3) is 0.500. The molecule has 4 aliphatic rings. The molecule has 3 aromatic rings. The van der Waals surface area contributed by atoms with E-state index in [1.165, 1.54) is 72.3 Å². The lowest BCUT2D eigenvalue weighted by molar-refractivity contribution is -0.126. The molecule has 46 heavy (non-hydrogen) atoms. The number of hydrogen-bond donors (Lipinski definition) is 0. The van der Waals surface area contributed by atoms with Crippen molar-refractivity contribution in [2.75, 3.05) is 68.9 Å². The van der Waals surface area contributed by atoms with E-state index in [0.29, 0.717) is 45.3 Å². The molecule has 7 rings (SSSR count). The maximum atomic E-state index is 12.6. The molecule has 4 aliphatic heterocycles. The lowest BCUT2D eigenvalue weighted by Crippen LogP contribution is -2.49. The summed E-state index contributed by atoms with van der Waals surface area (Å²) < 4.78 is 19.1. The Bertz CT molecular complexity index is 1610. The van der Waals surface area contributed by atoms with Crippen LogP contribution in [0.3, 0.4) is 0 Å². The number of anilines is 2. The van der Waals surface area contributed by atoms with Crippen LogP contribution in [0.5, 0.6) is 6.01 Å². The summed E-state index contributed by atoms with van der Waals surface area (Å²) in [7, 11) is 0. The number of fused-ring (bicyclic) bond motifs is 3. The number of aryl methyl sites for hydroxylation is 1. The molecule has 0 aliphatic carbocycles. The molecule has 3 fully saturated rings. The van der Waals surface area contributed by atoms with Crippen LogP contribution < -0.4 is 14.5 Å². The van der Waals surface area contributed by atoms with E-state index in [4.69, 9.17) is 20.0 Å². The summed E-state index contributed by atoms with van der Waals surface area (Å²) in [6.07, 6.45) is 8.25. The minimum Gasteiger partial charge on any atom is -0.461 e. The number of benzene rings is 2. The van der Waals surface area contributed by atoms with E-state index < -0.39 is 6.67 Å². The van der Waals surface area contributed by atoms with E-state index in [1.54, 1.807) is 11.0 Å². The SMILES string of the molecule is CC#N.Cc1cccc2cccc(N3CCc4c(nc(OCC56CCCN5CCC6)nc4N4CCN(C(=O)/C=C/CF)CC4)C3)c12. The first-order valence-corrected chi connectivity index (χ1v) is 16.5. The van der Waals surface area contributed by atoms with E-state index >= 15 is 0 Å². The molecule has 5 heterocycles. The number of allylic oxidation sites excluding steroid dienone is 1. The van der Waals surface area contributed by atoms with Crippen LogP contribution in [0.15, 0.2) is 48.6 Å². The number of amides is 1. The van der Waals surface area contributed by atoms with Gasteiger partial charge >= 0.3 is 6.01 Å². The zero-order valence-corrected chi connectivity index (χ0v) is 27.1. The summed E-state index contributed by atoms with van der Waals surface area (Å²) in [5, 5.41) is 9.87. The van der Waals surface area contributed by atoms with E-state index in [1.807, 2.05) is 0 Å². The number of alkyl halides is 1. The monoisotopic (exact) mass is 625 g/mol. The first-order chi connectivity index (χ1) is 22.5. The van der Waals surface area contributed by atoms with Crippen LogP contribution >= 0.6 is 0 Å². The van der Waals surface area contributed by atoms with Gasteiger partial charge in [-0.3, -0.25) is 9.69 Å². The summed E-state index contributed by atoms with van der Waals surface area (Å²) in [6.45, 7) is 9.97. The lowest BCUT2D eigenvalue weighted by Gasteiger charge is -2.38. The molecule has 2 aromatic carbocycles. The van der Waals surface area contributed by atoms with Gasteiger partial charge in [-0.05, 0) is 75.2 Å². The van der Waals surface area contributed by atoms with Gasteiger partial charge in [0.2, 0.25) is 5.91 Å². The summed E-state index contributed by atoms with van der Waals surface area (Å²) >= 11 is 0. The van der Waals surface area contributed by atoms with Crippen molar-refractivity contribution in [1.82, 2.24) is 19.8 Å². The average molecular weight is 626 g/mol. The van der Waals surface area contributed by atoms with Gasteiger partial charge in [0.1, 0.15) is 19.1 Å². The second-order valence-electron chi connectivity index (χ2n) is 12.7. The van der Waals surface area contributed by atoms with Crippen molar-refractivity contribution < 1.29 is 13.9 Å². The molecule has 0 bridgehead atoms. The van der Waals surface area contributed by atoms with Crippen molar-refractivity contribution in [1.29, 1.82) is 5.26 Å². The molecule has 0 spiro atoms. The first-order valence-electron chi connectivity index (χ1n) is 16.5. The van der Waals surface area contributed by atoms with Gasteiger partial charge in [0.15, 0.2) is 0 Å². The van der Waals surface area contributed by atoms with Crippen LogP contribution in [-0.4, -0.2) is 90.3 Å². The summed E-state index contributed by atoms with van der Waals surface area (Å²) in [6, 6.07) is 15.2. The maximum absolute atomic E-state index is 12.6. The van der Waals surface area contributed by atoms with Crippen LogP contribution in [0.2, 0.25) is 0 Å². The standard InChI is InChI=1S/C34H41FN6O2.C2H3N/c1-25-7-2-8-26-9-3-10-29(31(25)26)40-18-12-27-28(23-40)36-33(43-24-34-13-5-16-41(34)17-6-14-34)37-32(27)39-21-19-38(20-22-39)30(42)11-4-15-35;1-2-3/h2-4,7-11H,5-6,12-24H2,1H3;1H3/b11-4+;. The van der Waals surface area contributed by atoms with Crippen molar-refractivity contribution >= 4 is 28.2 Å². The smallest absolute Gasteiger partial charge is 0.318 e. The highest BCUT2D eigenvalue weighted by molar-refractivity contribution is 5.97. The number of aromatic nitrogens is 2. The number of halogens is 1. The Morgan fingerprint density at radius 2 is 1.74 bits per heavy atom. The second-order valence-corrected chi connectivity index (χ2v) is 12.7. The van der Waals surface area contributed by atoms with Crippen LogP contribution in [0, 0.1) is 18.3 Å². The highest BCUT2D eigenvalue weighted by atomic mass is 19.1. The molecule has 0 atom stereocenters. The molecule has 0 saturated carbocycles. The number of carbonyl (C=O) groups excluding carboxylic acids is 1. The van der Waals surface area contributed by atoms with Gasteiger partial charge in [-0.2, -0.15) is 15.2 Å². The van der Waals surface area contributed by atoms with Crippen LogP contribution in [-0.2, 0) is 17.8 Å². The van der Waals surface area contributed by atoms with E-state index in [9.17, 15) is 9.18 Å². The van der Waals surface area contributed by atoms with Crippen molar-refractivity contribution in [3.8, 4) is 12.1 Å². The minimum absolute atomic E-state index is 0.116. The van der Waals surface area contributed by atoms with Crippen molar-refractivity contribution in [3.05, 3.63) is 65.4 Å². The summed E-state index contributed by atoms with van der Waals surface area (Å²) in [5.74, 6) is 0.802. The topological polar surface area (TPSA) is 88.8 Å². The van der Waals surface area contributed by atoms with Crippen molar-refractivity contribution in [3.63, 3.8) is 0 Å². The van der Waals surface area contributed by atoms with E-state index in [2.05, 4.69) is 58.0 Å². The largest absolute Gasteiger partial charge is 0.461 e. The third-order valence-corrected chi connectivity index (χ3v) is 9.98.